The molecule has 0 bridgehead atoms. The third-order valence-electron chi connectivity index (χ3n) is 1.89. The number of nitrogens with one attached hydrogen (secondary N) is 2. The van der Waals surface area contributed by atoms with Gasteiger partial charge in [0.05, 0.1) is 0 Å². The summed E-state index contributed by atoms with van der Waals surface area (Å²) in [6, 6.07) is 5.54. The summed E-state index contributed by atoms with van der Waals surface area (Å²) >= 11 is 7.04. The summed E-state index contributed by atoms with van der Waals surface area (Å²) < 4.78 is 1.07. The van der Waals surface area contributed by atoms with E-state index in [1.54, 1.807) is 13.1 Å². The zero-order valence-electron chi connectivity index (χ0n) is 8.43. The first kappa shape index (κ1) is 12.4. The van der Waals surface area contributed by atoms with Crippen LogP contribution < -0.4 is 10.6 Å². The van der Waals surface area contributed by atoms with Crippen LogP contribution in [0.4, 0.5) is 0 Å². The largest absolute Gasteiger partial charge is 0.365 e. The maximum Gasteiger partial charge on any atom is 0.257 e. The number of carbonyl (C=O) groups is 1. The molecule has 0 saturated heterocycles. The highest BCUT2D eigenvalue weighted by molar-refractivity contribution is 14.1. The lowest BCUT2D eigenvalue weighted by Crippen LogP contribution is -2.37. The Kier molecular flexibility index (Phi) is 4.46. The molecule has 0 aliphatic rings. The minimum atomic E-state index is -0.188. The summed E-state index contributed by atoms with van der Waals surface area (Å²) in [5.74, 6) is -0.188. The standard InChI is InChI=1S/C10H11IN2OS/c1-6-3-4-7(5-8(6)11)9(14)13-10(15)12-2/h3-5H,1-2H3,(H2,12,13,14,15). The van der Waals surface area contributed by atoms with E-state index < -0.39 is 0 Å². The zero-order chi connectivity index (χ0) is 11.4. The van der Waals surface area contributed by atoms with Gasteiger partial charge in [0.2, 0.25) is 0 Å². The molecule has 2 N–H and O–H groups in total. The number of aryl methyl sites for hydroxylation is 1. The van der Waals surface area contributed by atoms with Gasteiger partial charge in [-0.05, 0) is 59.4 Å². The number of hydrogen-bond donors (Lipinski definition) is 2. The summed E-state index contributed by atoms with van der Waals surface area (Å²) in [4.78, 5) is 11.6. The molecule has 0 radical (unpaired) electrons. The lowest BCUT2D eigenvalue weighted by Gasteiger charge is -2.06. The molecule has 5 heteroatoms. The second-order valence-electron chi connectivity index (χ2n) is 3.00. The van der Waals surface area contributed by atoms with E-state index in [0.29, 0.717) is 10.7 Å². The van der Waals surface area contributed by atoms with Crippen LogP contribution in [0.3, 0.4) is 0 Å². The Bertz CT molecular complexity index is 406. The van der Waals surface area contributed by atoms with E-state index in [1.165, 1.54) is 0 Å². The molecule has 0 spiro atoms. The summed E-state index contributed by atoms with van der Waals surface area (Å²) in [5.41, 5.74) is 1.77. The SMILES string of the molecule is CNC(=S)NC(=O)c1ccc(C)c(I)c1. The van der Waals surface area contributed by atoms with Gasteiger partial charge in [0.15, 0.2) is 5.11 Å². The number of amides is 1. The highest BCUT2D eigenvalue weighted by atomic mass is 127. The average molecular weight is 334 g/mol. The fraction of sp³-hybridized carbons (Fsp3) is 0.200. The van der Waals surface area contributed by atoms with Crippen molar-refractivity contribution in [1.29, 1.82) is 0 Å². The first-order valence-corrected chi connectivity index (χ1v) is 5.82. The van der Waals surface area contributed by atoms with Gasteiger partial charge in [-0.25, -0.2) is 0 Å². The molecule has 0 atom stereocenters. The summed E-state index contributed by atoms with van der Waals surface area (Å²) in [7, 11) is 1.67. The number of halogens is 1. The van der Waals surface area contributed by atoms with Gasteiger partial charge in [-0.1, -0.05) is 6.07 Å². The number of carbonyl (C=O) groups excluding carboxylic acids is 1. The molecular weight excluding hydrogens is 323 g/mol. The van der Waals surface area contributed by atoms with Crippen molar-refractivity contribution in [3.63, 3.8) is 0 Å². The van der Waals surface area contributed by atoms with Crippen LogP contribution in [0.25, 0.3) is 0 Å². The number of rotatable bonds is 1. The molecule has 15 heavy (non-hydrogen) atoms. The molecule has 0 unspecified atom stereocenters. The zero-order valence-corrected chi connectivity index (χ0v) is 11.4. The van der Waals surface area contributed by atoms with Crippen molar-refractivity contribution in [3.8, 4) is 0 Å². The molecular formula is C10H11IN2OS. The quantitative estimate of drug-likeness (QED) is 0.608. The molecule has 1 aromatic rings. The molecule has 0 fully saturated rings. The third kappa shape index (κ3) is 3.42. The molecule has 0 heterocycles. The molecule has 3 nitrogen and oxygen atoms in total. The Hall–Kier alpha value is -0.690. The summed E-state index contributed by atoms with van der Waals surface area (Å²) in [6.45, 7) is 2.00. The average Bonchev–Trinajstić information content (AvgIpc) is 2.21. The molecule has 80 valence electrons. The van der Waals surface area contributed by atoms with Crippen LogP contribution in [0.15, 0.2) is 18.2 Å². The van der Waals surface area contributed by atoms with Crippen LogP contribution in [0.1, 0.15) is 15.9 Å². The van der Waals surface area contributed by atoms with Crippen molar-refractivity contribution in [2.45, 2.75) is 6.92 Å². The first-order chi connectivity index (χ1) is 7.04. The fourth-order valence-electron chi connectivity index (χ4n) is 0.972. The smallest absolute Gasteiger partial charge is 0.257 e. The van der Waals surface area contributed by atoms with Crippen LogP contribution >= 0.6 is 34.8 Å². The van der Waals surface area contributed by atoms with Gasteiger partial charge in [-0.3, -0.25) is 10.1 Å². The van der Waals surface area contributed by atoms with Gasteiger partial charge >= 0.3 is 0 Å². The Morgan fingerprint density at radius 2 is 2.13 bits per heavy atom. The molecule has 0 aliphatic heterocycles. The van der Waals surface area contributed by atoms with E-state index in [-0.39, 0.29) is 5.91 Å². The van der Waals surface area contributed by atoms with Crippen molar-refractivity contribution < 1.29 is 4.79 Å². The minimum Gasteiger partial charge on any atom is -0.365 e. The van der Waals surface area contributed by atoms with E-state index in [1.807, 2.05) is 19.1 Å². The van der Waals surface area contributed by atoms with Crippen LogP contribution in [0.2, 0.25) is 0 Å². The molecule has 1 aromatic carbocycles. The van der Waals surface area contributed by atoms with Crippen LogP contribution in [-0.2, 0) is 0 Å². The molecule has 0 saturated carbocycles. The molecule has 1 amide bonds. The second kappa shape index (κ2) is 5.41. The lowest BCUT2D eigenvalue weighted by molar-refractivity contribution is 0.0977. The predicted molar refractivity (Wildman–Crippen MR) is 73.0 cm³/mol. The van der Waals surface area contributed by atoms with Crippen LogP contribution in [0.5, 0.6) is 0 Å². The van der Waals surface area contributed by atoms with Crippen molar-refractivity contribution in [1.82, 2.24) is 10.6 Å². The topological polar surface area (TPSA) is 41.1 Å². The van der Waals surface area contributed by atoms with E-state index in [2.05, 4.69) is 33.2 Å². The molecule has 0 aliphatic carbocycles. The van der Waals surface area contributed by atoms with Gasteiger partial charge in [0.1, 0.15) is 0 Å². The van der Waals surface area contributed by atoms with E-state index >= 15 is 0 Å². The Morgan fingerprint density at radius 3 is 2.67 bits per heavy atom. The summed E-state index contributed by atoms with van der Waals surface area (Å²) in [6.07, 6.45) is 0. The van der Waals surface area contributed by atoms with Gasteiger partial charge < -0.3 is 5.32 Å². The minimum absolute atomic E-state index is 0.188. The fourth-order valence-corrected chi connectivity index (χ4v) is 1.58. The Morgan fingerprint density at radius 1 is 1.47 bits per heavy atom. The lowest BCUT2D eigenvalue weighted by atomic mass is 10.1. The van der Waals surface area contributed by atoms with Gasteiger partial charge in [-0.15, -0.1) is 0 Å². The van der Waals surface area contributed by atoms with E-state index in [0.717, 1.165) is 9.13 Å². The van der Waals surface area contributed by atoms with E-state index in [9.17, 15) is 4.79 Å². The number of hydrogen-bond acceptors (Lipinski definition) is 2. The monoisotopic (exact) mass is 334 g/mol. The van der Waals surface area contributed by atoms with Crippen molar-refractivity contribution in [3.05, 3.63) is 32.9 Å². The maximum atomic E-state index is 11.6. The van der Waals surface area contributed by atoms with Crippen molar-refractivity contribution in [2.75, 3.05) is 7.05 Å². The molecule has 0 aromatic heterocycles. The van der Waals surface area contributed by atoms with Crippen LogP contribution in [0, 0.1) is 10.5 Å². The maximum absolute atomic E-state index is 11.6. The number of thiocarbonyl (C=S) groups is 1. The highest BCUT2D eigenvalue weighted by Crippen LogP contribution is 2.13. The Labute approximate surface area is 108 Å². The highest BCUT2D eigenvalue weighted by Gasteiger charge is 2.07. The van der Waals surface area contributed by atoms with Crippen molar-refractivity contribution >= 4 is 45.8 Å². The van der Waals surface area contributed by atoms with Crippen molar-refractivity contribution in [2.24, 2.45) is 0 Å². The molecule has 1 rings (SSSR count). The Balaban J connectivity index is 2.83. The predicted octanol–water partition coefficient (Wildman–Crippen LogP) is 1.83. The summed E-state index contributed by atoms with van der Waals surface area (Å²) in [5, 5.41) is 5.59. The van der Waals surface area contributed by atoms with Crippen LogP contribution in [-0.4, -0.2) is 18.1 Å². The van der Waals surface area contributed by atoms with Gasteiger partial charge in [0, 0.05) is 16.2 Å². The number of benzene rings is 1. The third-order valence-corrected chi connectivity index (χ3v) is 3.36. The van der Waals surface area contributed by atoms with Gasteiger partial charge in [0.25, 0.3) is 5.91 Å². The normalized spacial score (nSPS) is 9.53. The van der Waals surface area contributed by atoms with Gasteiger partial charge in [-0.2, -0.15) is 0 Å². The first-order valence-electron chi connectivity index (χ1n) is 4.34. The van der Waals surface area contributed by atoms with E-state index in [4.69, 9.17) is 12.2 Å². The second-order valence-corrected chi connectivity index (χ2v) is 4.57.